The van der Waals surface area contributed by atoms with Gasteiger partial charge in [0, 0.05) is 41.5 Å². The van der Waals surface area contributed by atoms with Gasteiger partial charge in [-0.25, -0.2) is 4.98 Å². The topological polar surface area (TPSA) is 91.1 Å². The van der Waals surface area contributed by atoms with Gasteiger partial charge in [0.1, 0.15) is 5.82 Å². The lowest BCUT2D eigenvalue weighted by molar-refractivity contribution is 0.0303. The van der Waals surface area contributed by atoms with Crippen LogP contribution in [0.4, 0.5) is 0 Å². The van der Waals surface area contributed by atoms with E-state index in [1.165, 1.54) is 12.8 Å². The van der Waals surface area contributed by atoms with Crippen LogP contribution in [0.1, 0.15) is 47.8 Å². The first kappa shape index (κ1) is 18.6. The Morgan fingerprint density at radius 1 is 1.06 bits per heavy atom. The Labute approximate surface area is 178 Å². The lowest BCUT2D eigenvalue weighted by atomic mass is 9.99. The first-order valence-electron chi connectivity index (χ1n) is 11.0. The Morgan fingerprint density at radius 3 is 2.68 bits per heavy atom. The number of morpholine rings is 1. The van der Waals surface area contributed by atoms with Crippen LogP contribution in [0.3, 0.4) is 0 Å². The van der Waals surface area contributed by atoms with Crippen molar-refractivity contribution >= 4 is 38.5 Å². The second-order valence-electron chi connectivity index (χ2n) is 8.59. The monoisotopic (exact) mass is 416 g/mol. The van der Waals surface area contributed by atoms with Crippen LogP contribution in [-0.4, -0.2) is 52.1 Å². The summed E-state index contributed by atoms with van der Waals surface area (Å²) in [6.07, 6.45) is 6.43. The van der Waals surface area contributed by atoms with Crippen LogP contribution in [-0.2, 0) is 4.74 Å². The molecule has 6 rings (SSSR count). The Bertz CT molecular complexity index is 1370. The highest BCUT2D eigenvalue weighted by Gasteiger charge is 2.24. The molecule has 158 valence electrons. The normalized spacial score (nSPS) is 17.9. The van der Waals surface area contributed by atoms with Crippen LogP contribution in [0, 0.1) is 0 Å². The number of aromatic nitrogens is 3. The third kappa shape index (κ3) is 2.95. The maximum absolute atomic E-state index is 13.1. The summed E-state index contributed by atoms with van der Waals surface area (Å²) in [6, 6.07) is 7.58. The van der Waals surface area contributed by atoms with Gasteiger partial charge >= 0.3 is 0 Å². The SMILES string of the molecule is O=C(c1ccc2c(c1)c1c(=O)[nH]ccc1c1nc(C3CCCC3)[nH]c21)N1CCOCC1. The number of carbonyl (C=O) groups excluding carboxylic acids is 1. The summed E-state index contributed by atoms with van der Waals surface area (Å²) < 4.78 is 5.37. The number of fused-ring (bicyclic) bond motifs is 6. The van der Waals surface area contributed by atoms with E-state index in [1.807, 2.05) is 29.2 Å². The number of amides is 1. The van der Waals surface area contributed by atoms with E-state index < -0.39 is 0 Å². The number of aromatic amines is 2. The molecule has 2 aromatic heterocycles. The highest BCUT2D eigenvalue weighted by molar-refractivity contribution is 6.23. The van der Waals surface area contributed by atoms with Gasteiger partial charge in [0.15, 0.2) is 0 Å². The molecule has 3 heterocycles. The molecular weight excluding hydrogens is 392 g/mol. The van der Waals surface area contributed by atoms with Gasteiger partial charge in [0.05, 0.1) is 29.6 Å². The largest absolute Gasteiger partial charge is 0.378 e. The first-order chi connectivity index (χ1) is 15.2. The Hall–Kier alpha value is -3.19. The smallest absolute Gasteiger partial charge is 0.256 e. The van der Waals surface area contributed by atoms with Gasteiger partial charge in [-0.15, -0.1) is 0 Å². The fourth-order valence-corrected chi connectivity index (χ4v) is 5.17. The highest BCUT2D eigenvalue weighted by atomic mass is 16.5. The number of hydrogen-bond acceptors (Lipinski definition) is 4. The molecule has 7 heteroatoms. The lowest BCUT2D eigenvalue weighted by Gasteiger charge is -2.27. The predicted octanol–water partition coefficient (Wildman–Crippen LogP) is 3.69. The predicted molar refractivity (Wildman–Crippen MR) is 120 cm³/mol. The number of H-pyrrole nitrogens is 2. The quantitative estimate of drug-likeness (QED) is 0.488. The molecule has 2 aromatic carbocycles. The van der Waals surface area contributed by atoms with Crippen LogP contribution in [0.5, 0.6) is 0 Å². The van der Waals surface area contributed by atoms with Gasteiger partial charge in [-0.1, -0.05) is 18.9 Å². The number of carbonyl (C=O) groups is 1. The number of nitrogens with one attached hydrogen (secondary N) is 2. The summed E-state index contributed by atoms with van der Waals surface area (Å²) in [7, 11) is 0. The molecule has 0 bridgehead atoms. The van der Waals surface area contributed by atoms with Gasteiger partial charge < -0.3 is 19.6 Å². The molecule has 7 nitrogen and oxygen atoms in total. The second kappa shape index (κ2) is 7.20. The Morgan fingerprint density at radius 2 is 1.87 bits per heavy atom. The van der Waals surface area contributed by atoms with E-state index in [2.05, 4.69) is 9.97 Å². The molecule has 2 N–H and O–H groups in total. The zero-order valence-corrected chi connectivity index (χ0v) is 17.2. The van der Waals surface area contributed by atoms with Crippen molar-refractivity contribution < 1.29 is 9.53 Å². The minimum absolute atomic E-state index is 0.0259. The minimum atomic E-state index is -0.161. The first-order valence-corrected chi connectivity index (χ1v) is 11.0. The summed E-state index contributed by atoms with van der Waals surface area (Å²) in [4.78, 5) is 39.1. The van der Waals surface area contributed by atoms with E-state index in [4.69, 9.17) is 9.72 Å². The standard InChI is InChI=1S/C24H24N4O3/c29-23-19-17(7-8-25-23)21-20(26-22(27-21)14-3-1-2-4-14)16-6-5-15(13-18(16)19)24(30)28-9-11-31-12-10-28/h5-8,13-14H,1-4,9-12H2,(H,25,29)(H,26,27). The molecule has 0 radical (unpaired) electrons. The molecule has 1 aliphatic heterocycles. The molecule has 0 spiro atoms. The molecular formula is C24H24N4O3. The summed E-state index contributed by atoms with van der Waals surface area (Å²) >= 11 is 0. The van der Waals surface area contributed by atoms with Crippen LogP contribution in [0.2, 0.25) is 0 Å². The summed E-state index contributed by atoms with van der Waals surface area (Å²) in [5, 5.41) is 3.12. The molecule has 1 amide bonds. The number of hydrogen-bond donors (Lipinski definition) is 2. The Balaban J connectivity index is 1.59. The van der Waals surface area contributed by atoms with Crippen molar-refractivity contribution in [1.82, 2.24) is 19.9 Å². The van der Waals surface area contributed by atoms with E-state index in [1.54, 1.807) is 6.20 Å². The lowest BCUT2D eigenvalue weighted by Crippen LogP contribution is -2.40. The van der Waals surface area contributed by atoms with E-state index in [9.17, 15) is 9.59 Å². The van der Waals surface area contributed by atoms with E-state index in [0.717, 1.165) is 45.9 Å². The molecule has 1 saturated carbocycles. The average molecular weight is 416 g/mol. The molecule has 4 aromatic rings. The van der Waals surface area contributed by atoms with Crippen molar-refractivity contribution in [3.05, 3.63) is 52.2 Å². The molecule has 1 aliphatic carbocycles. The summed E-state index contributed by atoms with van der Waals surface area (Å²) in [5.41, 5.74) is 2.21. The summed E-state index contributed by atoms with van der Waals surface area (Å²) in [5.74, 6) is 1.43. The fraction of sp³-hybridized carbons (Fsp3) is 0.375. The zero-order chi connectivity index (χ0) is 20.9. The van der Waals surface area contributed by atoms with Crippen LogP contribution < -0.4 is 5.56 Å². The third-order valence-corrected chi connectivity index (χ3v) is 6.78. The van der Waals surface area contributed by atoms with E-state index in [0.29, 0.717) is 43.2 Å². The number of pyridine rings is 1. The maximum atomic E-state index is 13.1. The number of nitrogens with zero attached hydrogens (tertiary/aromatic N) is 2. The van der Waals surface area contributed by atoms with Crippen molar-refractivity contribution in [2.45, 2.75) is 31.6 Å². The molecule has 1 saturated heterocycles. The number of benzene rings is 2. The van der Waals surface area contributed by atoms with Crippen molar-refractivity contribution in [3.8, 4) is 0 Å². The molecule has 0 atom stereocenters. The van der Waals surface area contributed by atoms with Crippen LogP contribution >= 0.6 is 0 Å². The van der Waals surface area contributed by atoms with E-state index in [-0.39, 0.29) is 11.5 Å². The number of imidazole rings is 1. The van der Waals surface area contributed by atoms with Crippen molar-refractivity contribution in [2.75, 3.05) is 26.3 Å². The number of ether oxygens (including phenoxy) is 1. The van der Waals surface area contributed by atoms with Crippen LogP contribution in [0.15, 0.2) is 35.3 Å². The fourth-order valence-electron chi connectivity index (χ4n) is 5.17. The van der Waals surface area contributed by atoms with Crippen LogP contribution in [0.25, 0.3) is 32.6 Å². The average Bonchev–Trinajstić information content (AvgIpc) is 3.49. The molecule has 31 heavy (non-hydrogen) atoms. The van der Waals surface area contributed by atoms with E-state index >= 15 is 0 Å². The van der Waals surface area contributed by atoms with Gasteiger partial charge in [0.25, 0.3) is 11.5 Å². The zero-order valence-electron chi connectivity index (χ0n) is 17.2. The molecule has 2 fully saturated rings. The molecule has 0 unspecified atom stereocenters. The maximum Gasteiger partial charge on any atom is 0.256 e. The minimum Gasteiger partial charge on any atom is -0.378 e. The van der Waals surface area contributed by atoms with Crippen molar-refractivity contribution in [2.24, 2.45) is 0 Å². The second-order valence-corrected chi connectivity index (χ2v) is 8.59. The third-order valence-electron chi connectivity index (χ3n) is 6.78. The van der Waals surface area contributed by atoms with Crippen molar-refractivity contribution in [1.29, 1.82) is 0 Å². The van der Waals surface area contributed by atoms with Gasteiger partial charge in [-0.2, -0.15) is 0 Å². The summed E-state index contributed by atoms with van der Waals surface area (Å²) in [6.45, 7) is 2.28. The van der Waals surface area contributed by atoms with Gasteiger partial charge in [0.2, 0.25) is 0 Å². The van der Waals surface area contributed by atoms with Gasteiger partial charge in [-0.05, 0) is 36.4 Å². The number of rotatable bonds is 2. The Kier molecular flexibility index (Phi) is 4.31. The van der Waals surface area contributed by atoms with Crippen molar-refractivity contribution in [3.63, 3.8) is 0 Å². The van der Waals surface area contributed by atoms with Gasteiger partial charge in [-0.3, -0.25) is 9.59 Å². The highest BCUT2D eigenvalue weighted by Crippen LogP contribution is 2.37. The molecule has 2 aliphatic rings.